The monoisotopic (exact) mass is 330 g/mol. The largest absolute Gasteiger partial charge is 0.349 e. The van der Waals surface area contributed by atoms with Gasteiger partial charge in [0.15, 0.2) is 0 Å². The maximum absolute atomic E-state index is 4.78. The highest BCUT2D eigenvalue weighted by Crippen LogP contribution is 2.28. The molecule has 0 unspecified atom stereocenters. The molecule has 4 heteroatoms. The normalized spacial score (nSPS) is 16.4. The molecule has 1 atom stereocenters. The van der Waals surface area contributed by atoms with Crippen LogP contribution < -0.4 is 10.2 Å². The Hall–Kier alpha value is -2.88. The van der Waals surface area contributed by atoms with Gasteiger partial charge in [0.2, 0.25) is 5.95 Å². The molecule has 2 aromatic carbocycles. The number of anilines is 3. The Bertz CT molecular complexity index is 876. The van der Waals surface area contributed by atoms with Crippen LogP contribution in [0.5, 0.6) is 0 Å². The van der Waals surface area contributed by atoms with E-state index in [-0.39, 0.29) is 0 Å². The Morgan fingerprint density at radius 1 is 0.960 bits per heavy atom. The highest BCUT2D eigenvalue weighted by atomic mass is 15.2. The lowest BCUT2D eigenvalue weighted by Gasteiger charge is -2.36. The quantitative estimate of drug-likeness (QED) is 0.769. The van der Waals surface area contributed by atoms with Crippen molar-refractivity contribution in [3.8, 4) is 0 Å². The number of rotatable bonds is 3. The molecule has 25 heavy (non-hydrogen) atoms. The second kappa shape index (κ2) is 6.55. The molecular weight excluding hydrogens is 308 g/mol. The lowest BCUT2D eigenvalue weighted by Crippen LogP contribution is -2.39. The van der Waals surface area contributed by atoms with E-state index in [0.29, 0.717) is 12.0 Å². The van der Waals surface area contributed by atoms with Gasteiger partial charge in [0.1, 0.15) is 5.82 Å². The minimum absolute atomic E-state index is 0.411. The van der Waals surface area contributed by atoms with Gasteiger partial charge in [-0.3, -0.25) is 0 Å². The van der Waals surface area contributed by atoms with E-state index in [2.05, 4.69) is 52.5 Å². The summed E-state index contributed by atoms with van der Waals surface area (Å²) in [6.45, 7) is 5.17. The maximum atomic E-state index is 4.78. The zero-order valence-corrected chi connectivity index (χ0v) is 14.6. The lowest BCUT2D eigenvalue weighted by molar-refractivity contribution is 0.586. The Labute approximate surface area is 148 Å². The predicted molar refractivity (Wildman–Crippen MR) is 102 cm³/mol. The van der Waals surface area contributed by atoms with Crippen molar-refractivity contribution in [1.82, 2.24) is 9.97 Å². The minimum atomic E-state index is 0.411. The number of nitrogens with one attached hydrogen (secondary N) is 1. The van der Waals surface area contributed by atoms with E-state index in [0.717, 1.165) is 30.2 Å². The molecule has 0 saturated carbocycles. The molecule has 1 aliphatic rings. The summed E-state index contributed by atoms with van der Waals surface area (Å²) < 4.78 is 0. The van der Waals surface area contributed by atoms with Crippen LogP contribution in [0.4, 0.5) is 17.5 Å². The Morgan fingerprint density at radius 2 is 1.68 bits per heavy atom. The average Bonchev–Trinajstić information content (AvgIpc) is 2.61. The number of fused-ring (bicyclic) bond motifs is 1. The second-order valence-electron chi connectivity index (χ2n) is 6.63. The van der Waals surface area contributed by atoms with Crippen LogP contribution in [-0.2, 0) is 13.0 Å². The van der Waals surface area contributed by atoms with Gasteiger partial charge < -0.3 is 10.2 Å². The van der Waals surface area contributed by atoms with Gasteiger partial charge in [0, 0.05) is 30.0 Å². The first kappa shape index (κ1) is 15.6. The molecule has 1 aromatic heterocycles. The van der Waals surface area contributed by atoms with Crippen molar-refractivity contribution in [2.75, 3.05) is 10.2 Å². The molecule has 0 amide bonds. The standard InChI is InChI=1S/C21H22N4/c1-15-12-20(24-21(22-15)23-19-10-4-3-5-11-19)25-14-18-9-7-6-8-17(18)13-16(25)2/h3-12,16H,13-14H2,1-2H3,(H,22,23,24)/t16-/m0/s1. The second-order valence-corrected chi connectivity index (χ2v) is 6.63. The fourth-order valence-corrected chi connectivity index (χ4v) is 3.39. The SMILES string of the molecule is Cc1cc(N2Cc3ccccc3C[C@@H]2C)nc(Nc2ccccc2)n1. The first-order valence-electron chi connectivity index (χ1n) is 8.70. The molecule has 1 aliphatic heterocycles. The molecule has 0 fully saturated rings. The van der Waals surface area contributed by atoms with E-state index in [1.54, 1.807) is 0 Å². The molecular formula is C21H22N4. The van der Waals surface area contributed by atoms with E-state index < -0.39 is 0 Å². The number of aryl methyl sites for hydroxylation is 1. The number of aromatic nitrogens is 2. The number of para-hydroxylation sites is 1. The third-order valence-corrected chi connectivity index (χ3v) is 4.67. The number of benzene rings is 2. The molecule has 0 bridgehead atoms. The highest BCUT2D eigenvalue weighted by molar-refractivity contribution is 5.56. The number of hydrogen-bond acceptors (Lipinski definition) is 4. The van der Waals surface area contributed by atoms with Gasteiger partial charge in [0.05, 0.1) is 0 Å². The van der Waals surface area contributed by atoms with Crippen LogP contribution in [0, 0.1) is 6.92 Å². The van der Waals surface area contributed by atoms with Crippen molar-refractivity contribution in [1.29, 1.82) is 0 Å². The summed E-state index contributed by atoms with van der Waals surface area (Å²) in [5, 5.41) is 3.31. The number of nitrogens with zero attached hydrogens (tertiary/aromatic N) is 3. The van der Waals surface area contributed by atoms with Gasteiger partial charge >= 0.3 is 0 Å². The molecule has 0 saturated heterocycles. The van der Waals surface area contributed by atoms with Crippen molar-refractivity contribution in [2.24, 2.45) is 0 Å². The van der Waals surface area contributed by atoms with Crippen LogP contribution in [0.1, 0.15) is 23.7 Å². The summed E-state index contributed by atoms with van der Waals surface area (Å²) >= 11 is 0. The van der Waals surface area contributed by atoms with Crippen LogP contribution in [0.25, 0.3) is 0 Å². The summed E-state index contributed by atoms with van der Waals surface area (Å²) in [6, 6.07) is 21.2. The first-order valence-corrected chi connectivity index (χ1v) is 8.70. The lowest BCUT2D eigenvalue weighted by atomic mass is 9.95. The fraction of sp³-hybridized carbons (Fsp3) is 0.238. The zero-order valence-electron chi connectivity index (χ0n) is 14.6. The Kier molecular flexibility index (Phi) is 4.10. The highest BCUT2D eigenvalue weighted by Gasteiger charge is 2.24. The number of hydrogen-bond donors (Lipinski definition) is 1. The smallest absolute Gasteiger partial charge is 0.229 e. The van der Waals surface area contributed by atoms with Gasteiger partial charge in [-0.25, -0.2) is 4.98 Å². The molecule has 3 aromatic rings. The average molecular weight is 330 g/mol. The van der Waals surface area contributed by atoms with E-state index in [9.17, 15) is 0 Å². The topological polar surface area (TPSA) is 41.1 Å². The van der Waals surface area contributed by atoms with Crippen LogP contribution in [0.2, 0.25) is 0 Å². The first-order chi connectivity index (χ1) is 12.2. The van der Waals surface area contributed by atoms with Crippen molar-refractivity contribution in [2.45, 2.75) is 32.9 Å². The molecule has 0 aliphatic carbocycles. The summed E-state index contributed by atoms with van der Waals surface area (Å²) in [5.74, 6) is 1.63. The van der Waals surface area contributed by atoms with Gasteiger partial charge in [-0.05, 0) is 43.5 Å². The van der Waals surface area contributed by atoms with Crippen molar-refractivity contribution in [3.05, 3.63) is 77.5 Å². The van der Waals surface area contributed by atoms with E-state index in [1.807, 2.05) is 37.3 Å². The fourth-order valence-electron chi connectivity index (χ4n) is 3.39. The molecule has 4 rings (SSSR count). The molecule has 126 valence electrons. The molecule has 0 spiro atoms. The van der Waals surface area contributed by atoms with Crippen molar-refractivity contribution < 1.29 is 0 Å². The van der Waals surface area contributed by atoms with Gasteiger partial charge in [-0.2, -0.15) is 4.98 Å². The molecule has 2 heterocycles. The van der Waals surface area contributed by atoms with Gasteiger partial charge in [0.25, 0.3) is 0 Å². The van der Waals surface area contributed by atoms with E-state index >= 15 is 0 Å². The Morgan fingerprint density at radius 3 is 2.48 bits per heavy atom. The van der Waals surface area contributed by atoms with E-state index in [1.165, 1.54) is 11.1 Å². The van der Waals surface area contributed by atoms with Crippen LogP contribution >= 0.6 is 0 Å². The van der Waals surface area contributed by atoms with Crippen molar-refractivity contribution in [3.63, 3.8) is 0 Å². The Balaban J connectivity index is 1.64. The van der Waals surface area contributed by atoms with Gasteiger partial charge in [-0.15, -0.1) is 0 Å². The van der Waals surface area contributed by atoms with Crippen LogP contribution in [0.3, 0.4) is 0 Å². The molecule has 1 N–H and O–H groups in total. The van der Waals surface area contributed by atoms with E-state index in [4.69, 9.17) is 4.98 Å². The zero-order chi connectivity index (χ0) is 17.2. The third kappa shape index (κ3) is 3.33. The summed E-state index contributed by atoms with van der Waals surface area (Å²) in [5.41, 5.74) is 4.79. The minimum Gasteiger partial charge on any atom is -0.349 e. The summed E-state index contributed by atoms with van der Waals surface area (Å²) in [4.78, 5) is 11.7. The maximum Gasteiger partial charge on any atom is 0.229 e. The summed E-state index contributed by atoms with van der Waals surface area (Å²) in [7, 11) is 0. The third-order valence-electron chi connectivity index (χ3n) is 4.67. The van der Waals surface area contributed by atoms with Gasteiger partial charge in [-0.1, -0.05) is 42.5 Å². The van der Waals surface area contributed by atoms with Crippen molar-refractivity contribution >= 4 is 17.5 Å². The predicted octanol–water partition coefficient (Wildman–Crippen LogP) is 4.48. The van der Waals surface area contributed by atoms with Crippen LogP contribution in [-0.4, -0.2) is 16.0 Å². The molecule has 0 radical (unpaired) electrons. The van der Waals surface area contributed by atoms with Crippen LogP contribution in [0.15, 0.2) is 60.7 Å². The summed E-state index contributed by atoms with van der Waals surface area (Å²) in [6.07, 6.45) is 1.04. The molecule has 4 nitrogen and oxygen atoms in total.